The van der Waals surface area contributed by atoms with Crippen LogP contribution in [0.4, 0.5) is 5.69 Å². The van der Waals surface area contributed by atoms with Gasteiger partial charge >= 0.3 is 0 Å². The van der Waals surface area contributed by atoms with Crippen molar-refractivity contribution in [2.45, 2.75) is 38.6 Å². The molecule has 1 unspecified atom stereocenters. The Kier molecular flexibility index (Phi) is 9.01. The van der Waals surface area contributed by atoms with Gasteiger partial charge in [0.1, 0.15) is 0 Å². The molecule has 0 bridgehead atoms. The van der Waals surface area contributed by atoms with E-state index in [4.69, 9.17) is 0 Å². The van der Waals surface area contributed by atoms with Gasteiger partial charge in [-0.3, -0.25) is 19.5 Å². The summed E-state index contributed by atoms with van der Waals surface area (Å²) < 4.78 is 0. The maximum absolute atomic E-state index is 11.9. The van der Waals surface area contributed by atoms with Crippen molar-refractivity contribution in [1.82, 2.24) is 15.5 Å². The number of likely N-dealkylation sites (tertiary alicyclic amines) is 1. The van der Waals surface area contributed by atoms with Gasteiger partial charge in [-0.05, 0) is 31.9 Å². The molecule has 0 spiro atoms. The van der Waals surface area contributed by atoms with Crippen LogP contribution < -0.4 is 15.5 Å². The number of para-hydroxylation sites is 1. The van der Waals surface area contributed by atoms with Crippen LogP contribution in [0.25, 0.3) is 0 Å². The van der Waals surface area contributed by atoms with Gasteiger partial charge in [0.15, 0.2) is 5.96 Å². The molecule has 2 N–H and O–H groups in total. The maximum Gasteiger partial charge on any atom is 0.229 e. The molecule has 1 aromatic rings. The first-order valence-electron chi connectivity index (χ1n) is 9.85. The summed E-state index contributed by atoms with van der Waals surface area (Å²) in [5.41, 5.74) is 1.24. The number of imide groups is 1. The van der Waals surface area contributed by atoms with Crippen LogP contribution in [0.15, 0.2) is 35.3 Å². The molecule has 0 aromatic heterocycles. The summed E-state index contributed by atoms with van der Waals surface area (Å²) in [7, 11) is 0. The number of piperidine rings is 1. The van der Waals surface area contributed by atoms with E-state index >= 15 is 0 Å². The Morgan fingerprint density at radius 3 is 2.57 bits per heavy atom. The van der Waals surface area contributed by atoms with Crippen molar-refractivity contribution >= 4 is 47.4 Å². The molecule has 2 heterocycles. The number of anilines is 1. The fraction of sp³-hybridized carbons (Fsp3) is 0.550. The lowest BCUT2D eigenvalue weighted by Gasteiger charge is -2.24. The zero-order valence-corrected chi connectivity index (χ0v) is 18.7. The Morgan fingerprint density at radius 1 is 1.18 bits per heavy atom. The summed E-state index contributed by atoms with van der Waals surface area (Å²) >= 11 is 0. The summed E-state index contributed by atoms with van der Waals surface area (Å²) in [6.45, 7) is 5.51. The first kappa shape index (κ1) is 22.4. The molecule has 2 saturated heterocycles. The monoisotopic (exact) mass is 499 g/mol. The predicted molar refractivity (Wildman–Crippen MR) is 122 cm³/mol. The SMILES string of the molecule is CCNC(=NCCN1C(=O)CCCC1=O)NC1CCN(c2ccccc2)C1.I. The van der Waals surface area contributed by atoms with Gasteiger partial charge in [0, 0.05) is 50.7 Å². The molecule has 2 aliphatic heterocycles. The van der Waals surface area contributed by atoms with E-state index < -0.39 is 0 Å². The van der Waals surface area contributed by atoms with Crippen molar-refractivity contribution in [2.75, 3.05) is 37.6 Å². The van der Waals surface area contributed by atoms with E-state index in [1.807, 2.05) is 13.0 Å². The molecule has 2 aliphatic rings. The topological polar surface area (TPSA) is 77.0 Å². The van der Waals surface area contributed by atoms with Crippen LogP contribution in [0, 0.1) is 0 Å². The first-order valence-corrected chi connectivity index (χ1v) is 9.85. The van der Waals surface area contributed by atoms with Gasteiger partial charge in [-0.2, -0.15) is 0 Å². The molecule has 1 atom stereocenters. The first-order chi connectivity index (χ1) is 13.2. The molecule has 7 nitrogen and oxygen atoms in total. The minimum atomic E-state index is -0.0753. The molecule has 2 amide bonds. The largest absolute Gasteiger partial charge is 0.369 e. The normalized spacial score (nSPS) is 20.2. The van der Waals surface area contributed by atoms with Crippen LogP contribution in [0.5, 0.6) is 0 Å². The van der Waals surface area contributed by atoms with Crippen molar-refractivity contribution < 1.29 is 9.59 Å². The number of nitrogens with zero attached hydrogens (tertiary/aromatic N) is 3. The number of aliphatic imine (C=N–C) groups is 1. The van der Waals surface area contributed by atoms with Gasteiger partial charge in [-0.15, -0.1) is 24.0 Å². The highest BCUT2D eigenvalue weighted by atomic mass is 127. The van der Waals surface area contributed by atoms with Crippen LogP contribution >= 0.6 is 24.0 Å². The average Bonchev–Trinajstić information content (AvgIpc) is 3.13. The second kappa shape index (κ2) is 11.2. The number of carbonyl (C=O) groups is 2. The number of guanidine groups is 1. The van der Waals surface area contributed by atoms with Crippen molar-refractivity contribution in [3.05, 3.63) is 30.3 Å². The van der Waals surface area contributed by atoms with Crippen LogP contribution in [0.2, 0.25) is 0 Å². The molecular formula is C20H30IN5O2. The lowest BCUT2D eigenvalue weighted by molar-refractivity contribution is -0.147. The van der Waals surface area contributed by atoms with Crippen LogP contribution in [-0.4, -0.2) is 61.4 Å². The highest BCUT2D eigenvalue weighted by Gasteiger charge is 2.26. The number of carbonyl (C=O) groups excluding carboxylic acids is 2. The third-order valence-corrected chi connectivity index (χ3v) is 4.97. The number of rotatable bonds is 6. The molecule has 0 saturated carbocycles. The Balaban J connectivity index is 0.00000280. The Bertz CT molecular complexity index is 666. The van der Waals surface area contributed by atoms with Gasteiger partial charge in [0.05, 0.1) is 6.54 Å². The van der Waals surface area contributed by atoms with Crippen LogP contribution in [-0.2, 0) is 9.59 Å². The molecule has 0 radical (unpaired) electrons. The number of halogens is 1. The lowest BCUT2D eigenvalue weighted by Crippen LogP contribution is -2.45. The minimum Gasteiger partial charge on any atom is -0.369 e. The third-order valence-electron chi connectivity index (χ3n) is 4.97. The Morgan fingerprint density at radius 2 is 1.89 bits per heavy atom. The zero-order chi connectivity index (χ0) is 19.1. The second-order valence-electron chi connectivity index (χ2n) is 6.96. The molecular weight excluding hydrogens is 469 g/mol. The maximum atomic E-state index is 11.9. The van der Waals surface area contributed by atoms with Gasteiger partial charge in [0.2, 0.25) is 11.8 Å². The molecule has 2 fully saturated rings. The van der Waals surface area contributed by atoms with Crippen LogP contribution in [0.1, 0.15) is 32.6 Å². The Hall–Kier alpha value is -1.84. The number of benzene rings is 1. The summed E-state index contributed by atoms with van der Waals surface area (Å²) in [4.78, 5) is 32.0. The second-order valence-corrected chi connectivity index (χ2v) is 6.96. The summed E-state index contributed by atoms with van der Waals surface area (Å²) in [6, 6.07) is 10.7. The molecule has 3 rings (SSSR count). The van der Waals surface area contributed by atoms with Crippen molar-refractivity contribution in [2.24, 2.45) is 4.99 Å². The van der Waals surface area contributed by atoms with Gasteiger partial charge in [0.25, 0.3) is 0 Å². The van der Waals surface area contributed by atoms with Crippen molar-refractivity contribution in [3.63, 3.8) is 0 Å². The van der Waals surface area contributed by atoms with Crippen LogP contribution in [0.3, 0.4) is 0 Å². The highest BCUT2D eigenvalue weighted by molar-refractivity contribution is 14.0. The van der Waals surface area contributed by atoms with E-state index in [0.717, 1.165) is 32.0 Å². The lowest BCUT2D eigenvalue weighted by atomic mass is 10.1. The van der Waals surface area contributed by atoms with E-state index in [-0.39, 0.29) is 35.8 Å². The van der Waals surface area contributed by atoms with Crippen molar-refractivity contribution in [3.8, 4) is 0 Å². The fourth-order valence-corrected chi connectivity index (χ4v) is 3.58. The summed E-state index contributed by atoms with van der Waals surface area (Å²) in [6.07, 6.45) is 2.64. The number of amides is 2. The summed E-state index contributed by atoms with van der Waals surface area (Å²) in [5, 5.41) is 6.74. The van der Waals surface area contributed by atoms with Crippen molar-refractivity contribution in [1.29, 1.82) is 0 Å². The standard InChI is InChI=1S/C20H29N5O2.HI/c1-2-21-20(22-12-14-25-18(26)9-6-10-19(25)27)23-16-11-13-24(15-16)17-7-4-3-5-8-17;/h3-5,7-8,16H,2,6,9-15H2,1H3,(H2,21,22,23);1H. The average molecular weight is 499 g/mol. The quantitative estimate of drug-likeness (QED) is 0.271. The molecule has 0 aliphatic carbocycles. The zero-order valence-electron chi connectivity index (χ0n) is 16.4. The predicted octanol–water partition coefficient (Wildman–Crippen LogP) is 1.98. The molecule has 8 heteroatoms. The smallest absolute Gasteiger partial charge is 0.229 e. The summed E-state index contributed by atoms with van der Waals surface area (Å²) in [5.74, 6) is 0.594. The Labute approximate surface area is 184 Å². The van der Waals surface area contributed by atoms with Gasteiger partial charge < -0.3 is 15.5 Å². The van der Waals surface area contributed by atoms with E-state index in [1.165, 1.54) is 10.6 Å². The highest BCUT2D eigenvalue weighted by Crippen LogP contribution is 2.19. The molecule has 28 heavy (non-hydrogen) atoms. The number of nitrogens with one attached hydrogen (secondary N) is 2. The number of hydrogen-bond donors (Lipinski definition) is 2. The van der Waals surface area contributed by atoms with E-state index in [9.17, 15) is 9.59 Å². The van der Waals surface area contributed by atoms with E-state index in [0.29, 0.717) is 38.4 Å². The third kappa shape index (κ3) is 6.08. The molecule has 154 valence electrons. The van der Waals surface area contributed by atoms with Gasteiger partial charge in [-0.25, -0.2) is 0 Å². The van der Waals surface area contributed by atoms with E-state index in [2.05, 4.69) is 44.8 Å². The van der Waals surface area contributed by atoms with Gasteiger partial charge in [-0.1, -0.05) is 18.2 Å². The fourth-order valence-electron chi connectivity index (χ4n) is 3.58. The van der Waals surface area contributed by atoms with E-state index in [1.54, 1.807) is 0 Å². The number of hydrogen-bond acceptors (Lipinski definition) is 4. The molecule has 1 aromatic carbocycles. The minimum absolute atomic E-state index is 0.